The van der Waals surface area contributed by atoms with Gasteiger partial charge in [-0.05, 0) is 37.0 Å². The number of benzene rings is 1. The molecule has 2 rings (SSSR count). The van der Waals surface area contributed by atoms with E-state index in [2.05, 4.69) is 18.8 Å². The second-order valence-corrected chi connectivity index (χ2v) is 5.61. The van der Waals surface area contributed by atoms with Gasteiger partial charge in [0.05, 0.1) is 11.6 Å². The lowest BCUT2D eigenvalue weighted by molar-refractivity contribution is 0.0683. The molecule has 1 aromatic rings. The number of likely N-dealkylation sites (tertiary alicyclic amines) is 1. The molecule has 1 aliphatic rings. The van der Waals surface area contributed by atoms with Crippen LogP contribution in [0.1, 0.15) is 35.7 Å². The van der Waals surface area contributed by atoms with E-state index in [0.717, 1.165) is 19.5 Å². The zero-order valence-corrected chi connectivity index (χ0v) is 12.4. The first-order valence-corrected chi connectivity index (χ1v) is 7.27. The molecule has 106 valence electrons. The summed E-state index contributed by atoms with van der Waals surface area (Å²) in [6.45, 7) is 4.13. The zero-order valence-electron chi connectivity index (χ0n) is 11.7. The summed E-state index contributed by atoms with van der Waals surface area (Å²) in [6.07, 6.45) is 2.26. The van der Waals surface area contributed by atoms with Crippen LogP contribution >= 0.6 is 11.6 Å². The summed E-state index contributed by atoms with van der Waals surface area (Å²) in [4.78, 5) is 14.3. The third-order valence-electron chi connectivity index (χ3n) is 3.49. The summed E-state index contributed by atoms with van der Waals surface area (Å²) in [5, 5.41) is 0.502. The van der Waals surface area contributed by atoms with Crippen LogP contribution in [0.15, 0.2) is 18.2 Å². The Kier molecular flexibility index (Phi) is 5.05. The van der Waals surface area contributed by atoms with Crippen molar-refractivity contribution in [2.75, 3.05) is 19.6 Å². The topological polar surface area (TPSA) is 46.3 Å². The van der Waals surface area contributed by atoms with Crippen molar-refractivity contribution in [1.29, 1.82) is 0 Å². The minimum Gasteiger partial charge on any atom is -0.338 e. The van der Waals surface area contributed by atoms with Crippen molar-refractivity contribution >= 4 is 17.5 Å². The van der Waals surface area contributed by atoms with Crippen LogP contribution in [0, 0.1) is 17.8 Å². The third-order valence-corrected chi connectivity index (χ3v) is 3.80. The SMILES string of the molecule is CC1CCCN(C(=O)c2ccc(C#CCN)c(Cl)c2)C1. The van der Waals surface area contributed by atoms with E-state index in [9.17, 15) is 4.79 Å². The van der Waals surface area contributed by atoms with E-state index in [-0.39, 0.29) is 5.91 Å². The Morgan fingerprint density at radius 2 is 2.35 bits per heavy atom. The number of piperidine rings is 1. The van der Waals surface area contributed by atoms with Crippen molar-refractivity contribution < 1.29 is 4.79 Å². The molecule has 1 unspecified atom stereocenters. The van der Waals surface area contributed by atoms with Gasteiger partial charge >= 0.3 is 0 Å². The van der Waals surface area contributed by atoms with Crippen LogP contribution in [0.4, 0.5) is 0 Å². The van der Waals surface area contributed by atoms with Crippen molar-refractivity contribution in [3.63, 3.8) is 0 Å². The first kappa shape index (κ1) is 14.9. The zero-order chi connectivity index (χ0) is 14.5. The number of rotatable bonds is 1. The maximum atomic E-state index is 12.4. The molecule has 1 aliphatic heterocycles. The molecule has 2 N–H and O–H groups in total. The largest absolute Gasteiger partial charge is 0.338 e. The van der Waals surface area contributed by atoms with Gasteiger partial charge in [0, 0.05) is 24.2 Å². The standard InChI is InChI=1S/C16H19ClN2O/c1-12-4-3-9-19(11-12)16(20)14-7-6-13(5-2-8-18)15(17)10-14/h6-7,10,12H,3-4,8-9,11,18H2,1H3. The van der Waals surface area contributed by atoms with Gasteiger partial charge in [0.1, 0.15) is 0 Å². The molecule has 3 nitrogen and oxygen atoms in total. The van der Waals surface area contributed by atoms with Gasteiger partial charge in [-0.25, -0.2) is 0 Å². The highest BCUT2D eigenvalue weighted by atomic mass is 35.5. The minimum absolute atomic E-state index is 0.0526. The fraction of sp³-hybridized carbons (Fsp3) is 0.438. The molecule has 1 amide bonds. The molecule has 4 heteroatoms. The number of halogens is 1. The van der Waals surface area contributed by atoms with Gasteiger partial charge in [0.25, 0.3) is 5.91 Å². The second kappa shape index (κ2) is 6.78. The van der Waals surface area contributed by atoms with E-state index in [0.29, 0.717) is 28.6 Å². The number of hydrogen-bond donors (Lipinski definition) is 1. The first-order valence-electron chi connectivity index (χ1n) is 6.89. The van der Waals surface area contributed by atoms with Crippen LogP contribution in [-0.2, 0) is 0 Å². The van der Waals surface area contributed by atoms with E-state index in [1.165, 1.54) is 6.42 Å². The molecule has 20 heavy (non-hydrogen) atoms. The number of nitrogens with two attached hydrogens (primary N) is 1. The normalized spacial score (nSPS) is 18.4. The van der Waals surface area contributed by atoms with Crippen LogP contribution in [0.25, 0.3) is 0 Å². The molecule has 1 aromatic carbocycles. The summed E-state index contributed by atoms with van der Waals surface area (Å²) in [5.41, 5.74) is 6.67. The fourth-order valence-electron chi connectivity index (χ4n) is 2.45. The Morgan fingerprint density at radius 3 is 3.00 bits per heavy atom. The van der Waals surface area contributed by atoms with Gasteiger partial charge in [-0.15, -0.1) is 0 Å². The molecular formula is C16H19ClN2O. The summed E-state index contributed by atoms with van der Waals surface area (Å²) in [7, 11) is 0. The number of carbonyl (C=O) groups is 1. The van der Waals surface area contributed by atoms with Gasteiger partial charge in [0.15, 0.2) is 0 Å². The Balaban J connectivity index is 2.16. The van der Waals surface area contributed by atoms with Crippen molar-refractivity contribution in [1.82, 2.24) is 4.90 Å². The number of hydrogen-bond acceptors (Lipinski definition) is 2. The van der Waals surface area contributed by atoms with Gasteiger partial charge < -0.3 is 10.6 Å². The number of nitrogens with zero attached hydrogens (tertiary/aromatic N) is 1. The van der Waals surface area contributed by atoms with Crippen LogP contribution < -0.4 is 5.73 Å². The van der Waals surface area contributed by atoms with E-state index in [1.807, 2.05) is 4.90 Å². The van der Waals surface area contributed by atoms with Crippen LogP contribution in [0.5, 0.6) is 0 Å². The quantitative estimate of drug-likeness (QED) is 0.808. The van der Waals surface area contributed by atoms with Gasteiger partial charge in [0.2, 0.25) is 0 Å². The minimum atomic E-state index is 0.0526. The lowest BCUT2D eigenvalue weighted by atomic mass is 9.99. The Morgan fingerprint density at radius 1 is 1.55 bits per heavy atom. The van der Waals surface area contributed by atoms with E-state index in [4.69, 9.17) is 17.3 Å². The van der Waals surface area contributed by atoms with E-state index >= 15 is 0 Å². The Labute approximate surface area is 125 Å². The summed E-state index contributed by atoms with van der Waals surface area (Å²) in [5.74, 6) is 6.27. The number of carbonyl (C=O) groups excluding carboxylic acids is 1. The first-order chi connectivity index (χ1) is 9.61. The predicted molar refractivity (Wildman–Crippen MR) is 81.7 cm³/mol. The van der Waals surface area contributed by atoms with Crippen molar-refractivity contribution in [2.45, 2.75) is 19.8 Å². The maximum Gasteiger partial charge on any atom is 0.253 e. The van der Waals surface area contributed by atoms with Crippen LogP contribution in [-0.4, -0.2) is 30.4 Å². The predicted octanol–water partition coefficient (Wildman–Crippen LogP) is 2.52. The van der Waals surface area contributed by atoms with E-state index in [1.54, 1.807) is 18.2 Å². The molecule has 0 bridgehead atoms. The second-order valence-electron chi connectivity index (χ2n) is 5.20. The summed E-state index contributed by atoms with van der Waals surface area (Å²) >= 11 is 6.16. The Bertz CT molecular complexity index is 559. The van der Waals surface area contributed by atoms with Crippen molar-refractivity contribution in [2.24, 2.45) is 11.7 Å². The molecule has 0 spiro atoms. The highest BCUT2D eigenvalue weighted by Crippen LogP contribution is 2.21. The smallest absolute Gasteiger partial charge is 0.253 e. The van der Waals surface area contributed by atoms with Gasteiger partial charge in [-0.3, -0.25) is 4.79 Å². The van der Waals surface area contributed by atoms with Crippen molar-refractivity contribution in [3.05, 3.63) is 34.3 Å². The maximum absolute atomic E-state index is 12.4. The fourth-order valence-corrected chi connectivity index (χ4v) is 2.68. The average Bonchev–Trinajstić information content (AvgIpc) is 2.45. The Hall–Kier alpha value is -1.50. The molecule has 0 aromatic heterocycles. The van der Waals surface area contributed by atoms with Crippen molar-refractivity contribution in [3.8, 4) is 11.8 Å². The highest BCUT2D eigenvalue weighted by molar-refractivity contribution is 6.32. The highest BCUT2D eigenvalue weighted by Gasteiger charge is 2.22. The molecular weight excluding hydrogens is 272 g/mol. The lowest BCUT2D eigenvalue weighted by Crippen LogP contribution is -2.39. The molecule has 1 heterocycles. The summed E-state index contributed by atoms with van der Waals surface area (Å²) < 4.78 is 0. The average molecular weight is 291 g/mol. The molecule has 1 saturated heterocycles. The molecule has 0 aliphatic carbocycles. The third kappa shape index (κ3) is 3.53. The molecule has 1 fully saturated rings. The monoisotopic (exact) mass is 290 g/mol. The van der Waals surface area contributed by atoms with Gasteiger partial charge in [-0.1, -0.05) is 30.4 Å². The molecule has 0 radical (unpaired) electrons. The molecule has 1 atom stereocenters. The van der Waals surface area contributed by atoms with Gasteiger partial charge in [-0.2, -0.15) is 0 Å². The van der Waals surface area contributed by atoms with Crippen LogP contribution in [0.3, 0.4) is 0 Å². The number of amides is 1. The molecule has 0 saturated carbocycles. The summed E-state index contributed by atoms with van der Waals surface area (Å²) in [6, 6.07) is 5.27. The van der Waals surface area contributed by atoms with E-state index < -0.39 is 0 Å². The lowest BCUT2D eigenvalue weighted by Gasteiger charge is -2.31. The van der Waals surface area contributed by atoms with Crippen LogP contribution in [0.2, 0.25) is 5.02 Å².